The van der Waals surface area contributed by atoms with Crippen LogP contribution in [0.3, 0.4) is 0 Å². The average Bonchev–Trinajstić information content (AvgIpc) is 1.71. The van der Waals surface area contributed by atoms with Gasteiger partial charge in [-0.25, -0.2) is 9.97 Å². The normalized spacial score (nSPS) is 11.8. The van der Waals surface area contributed by atoms with Crippen molar-refractivity contribution in [2.45, 2.75) is 62.3 Å². The molecule has 89 heavy (non-hydrogen) atoms. The zero-order valence-electron chi connectivity index (χ0n) is 51.9. The largest absolute Gasteiger partial charge is 0.356 e. The SMILES string of the molecule is Cc1cc(C)c(-c2c3nc(c(-c4c(C)cc(C)cc4C)c4ccc([nH]4)c(-c4c(C)cc(C)cc4C)c4nc(c(-c5ccc(-c6ccc(-c7ccc(Nc8ccc(N(c9ccccc9)c9ccccc9)cc8)cc7)cc6)cc5)c5ccc2[nH]5)C=C4)C=C3)c(C)c1. The Bertz CT molecular complexity index is 4800. The maximum Gasteiger partial charge on any atom is 0.0737 e. The van der Waals surface area contributed by atoms with E-state index < -0.39 is 0 Å². The lowest BCUT2D eigenvalue weighted by Gasteiger charge is -2.25. The highest BCUT2D eigenvalue weighted by Crippen LogP contribution is 2.44. The second kappa shape index (κ2) is 23.1. The molecule has 6 nitrogen and oxygen atoms in total. The quantitative estimate of drug-likeness (QED) is 0.121. The van der Waals surface area contributed by atoms with Gasteiger partial charge in [0.05, 0.1) is 22.8 Å². The average molecular weight is 1150 g/mol. The molecular formula is C83H70N6. The number of fused-ring (bicyclic) bond motifs is 8. The number of hydrogen-bond donors (Lipinski definition) is 3. The van der Waals surface area contributed by atoms with Crippen molar-refractivity contribution >= 4 is 74.8 Å². The zero-order valence-corrected chi connectivity index (χ0v) is 51.9. The molecule has 432 valence electrons. The lowest BCUT2D eigenvalue weighted by molar-refractivity contribution is 1.27. The van der Waals surface area contributed by atoms with Crippen LogP contribution in [-0.2, 0) is 0 Å². The topological polar surface area (TPSA) is 72.6 Å². The number of anilines is 5. The highest BCUT2D eigenvalue weighted by molar-refractivity contribution is 6.02. The monoisotopic (exact) mass is 1150 g/mol. The molecule has 0 radical (unpaired) electrons. The second-order valence-corrected chi connectivity index (χ2v) is 24.2. The number of H-pyrrole nitrogens is 2. The first-order chi connectivity index (χ1) is 43.3. The third kappa shape index (κ3) is 10.8. The van der Waals surface area contributed by atoms with Gasteiger partial charge in [0.25, 0.3) is 0 Å². The number of aryl methyl sites for hydroxylation is 9. The zero-order chi connectivity index (χ0) is 61.0. The molecule has 3 N–H and O–H groups in total. The summed E-state index contributed by atoms with van der Waals surface area (Å²) < 4.78 is 0. The second-order valence-electron chi connectivity index (χ2n) is 24.2. The van der Waals surface area contributed by atoms with E-state index in [0.717, 1.165) is 123 Å². The van der Waals surface area contributed by atoms with Crippen molar-refractivity contribution in [2.75, 3.05) is 10.2 Å². The van der Waals surface area contributed by atoms with E-state index in [0.29, 0.717) is 0 Å². The molecule has 2 aliphatic heterocycles. The van der Waals surface area contributed by atoms with E-state index in [1.54, 1.807) is 0 Å². The fourth-order valence-electron chi connectivity index (χ4n) is 13.9. The Labute approximate surface area is 522 Å². The molecule has 0 amide bonds. The van der Waals surface area contributed by atoms with Crippen LogP contribution in [0, 0.1) is 62.3 Å². The van der Waals surface area contributed by atoms with Crippen LogP contribution in [0.5, 0.6) is 0 Å². The van der Waals surface area contributed by atoms with Gasteiger partial charge in [0, 0.05) is 72.8 Å². The highest BCUT2D eigenvalue weighted by Gasteiger charge is 2.23. The van der Waals surface area contributed by atoms with E-state index in [1.807, 2.05) is 0 Å². The Hall–Kier alpha value is -10.8. The van der Waals surface area contributed by atoms with E-state index in [1.165, 1.54) is 66.8 Å². The van der Waals surface area contributed by atoms with Gasteiger partial charge in [0.2, 0.25) is 0 Å². The van der Waals surface area contributed by atoms with Gasteiger partial charge >= 0.3 is 0 Å². The van der Waals surface area contributed by atoms with E-state index in [-0.39, 0.29) is 0 Å². The number of rotatable bonds is 11. The van der Waals surface area contributed by atoms with Crippen molar-refractivity contribution in [2.24, 2.45) is 0 Å². The molecule has 0 spiro atoms. The van der Waals surface area contributed by atoms with Crippen molar-refractivity contribution in [1.82, 2.24) is 19.9 Å². The van der Waals surface area contributed by atoms with E-state index in [2.05, 4.69) is 325 Å². The highest BCUT2D eigenvalue weighted by atomic mass is 15.1. The third-order valence-corrected chi connectivity index (χ3v) is 17.6. The molecule has 0 unspecified atom stereocenters. The van der Waals surface area contributed by atoms with Gasteiger partial charge in [-0.3, -0.25) is 0 Å². The summed E-state index contributed by atoms with van der Waals surface area (Å²) in [6.07, 6.45) is 8.83. The van der Waals surface area contributed by atoms with Crippen molar-refractivity contribution in [3.63, 3.8) is 0 Å². The molecule has 14 rings (SSSR count). The molecule has 0 saturated carbocycles. The number of para-hydroxylation sites is 2. The van der Waals surface area contributed by atoms with Crippen LogP contribution in [0.4, 0.5) is 28.4 Å². The summed E-state index contributed by atoms with van der Waals surface area (Å²) in [5.74, 6) is 0. The molecule has 9 aromatic carbocycles. The Kier molecular flexibility index (Phi) is 14.6. The maximum absolute atomic E-state index is 5.70. The minimum Gasteiger partial charge on any atom is -0.356 e. The molecule has 8 bridgehead atoms. The summed E-state index contributed by atoms with van der Waals surface area (Å²) in [6.45, 7) is 19.9. The first kappa shape index (κ1) is 56.0. The van der Waals surface area contributed by atoms with Gasteiger partial charge < -0.3 is 20.2 Å². The molecule has 6 heteroatoms. The standard InChI is InChI=1S/C83H70N6/c1-50-44-53(4)77(54(5)45-50)81-71-38-36-69(85-71)80(70-37-39-72(86-70)82(78-55(6)46-51(2)47-56(78)7)74-41-43-76(88-74)83(75-42-40-73(81)87-75)79-57(8)48-52(3)49-58(79)9)63-26-24-61(25-27-63)59-20-22-60(23-21-59)62-28-30-64(31-29-62)84-65-32-34-68(35-33-65)89(66-16-12-10-13-17-66)67-18-14-11-15-19-67/h10-49,84-85,88H,1-9H3. The molecule has 5 heterocycles. The number of nitrogens with one attached hydrogen (secondary N) is 3. The summed E-state index contributed by atoms with van der Waals surface area (Å²) in [6, 6.07) is 78.8. The van der Waals surface area contributed by atoms with E-state index >= 15 is 0 Å². The number of nitrogens with zero attached hydrogens (tertiary/aromatic N) is 3. The van der Waals surface area contributed by atoms with Gasteiger partial charge in [-0.05, 0) is 249 Å². The number of hydrogen-bond acceptors (Lipinski definition) is 4. The lowest BCUT2D eigenvalue weighted by atomic mass is 9.92. The van der Waals surface area contributed by atoms with Gasteiger partial charge in [0.1, 0.15) is 0 Å². The molecule has 0 fully saturated rings. The van der Waals surface area contributed by atoms with Crippen molar-refractivity contribution in [3.05, 3.63) is 291 Å². The molecule has 0 atom stereocenters. The Morgan fingerprint density at radius 2 is 0.539 bits per heavy atom. The van der Waals surface area contributed by atoms with E-state index in [9.17, 15) is 0 Å². The molecule has 2 aliphatic rings. The van der Waals surface area contributed by atoms with Crippen LogP contribution >= 0.6 is 0 Å². The number of aromatic amines is 2. The van der Waals surface area contributed by atoms with Crippen LogP contribution in [0.15, 0.2) is 218 Å². The summed E-state index contributed by atoms with van der Waals surface area (Å²) in [7, 11) is 0. The third-order valence-electron chi connectivity index (χ3n) is 17.6. The Balaban J connectivity index is 0.850. The summed E-state index contributed by atoms with van der Waals surface area (Å²) >= 11 is 0. The first-order valence-corrected chi connectivity index (χ1v) is 30.8. The summed E-state index contributed by atoms with van der Waals surface area (Å²) in [5, 5.41) is 3.62. The van der Waals surface area contributed by atoms with Crippen LogP contribution < -0.4 is 10.2 Å². The minimum absolute atomic E-state index is 0.883. The molecular weight excluding hydrogens is 1080 g/mol. The van der Waals surface area contributed by atoms with Crippen molar-refractivity contribution in [3.8, 4) is 66.8 Å². The summed E-state index contributed by atoms with van der Waals surface area (Å²) in [4.78, 5) is 21.7. The Morgan fingerprint density at radius 3 is 0.876 bits per heavy atom. The predicted octanol–water partition coefficient (Wildman–Crippen LogP) is 22.6. The van der Waals surface area contributed by atoms with Gasteiger partial charge in [-0.2, -0.15) is 0 Å². The van der Waals surface area contributed by atoms with Crippen molar-refractivity contribution in [1.29, 1.82) is 0 Å². The minimum atomic E-state index is 0.883. The smallest absolute Gasteiger partial charge is 0.0737 e. The fraction of sp³-hybridized carbons (Fsp3) is 0.108. The summed E-state index contributed by atoms with van der Waals surface area (Å²) in [5.41, 5.74) is 37.3. The molecule has 3 aromatic heterocycles. The van der Waals surface area contributed by atoms with Crippen LogP contribution in [-0.4, -0.2) is 19.9 Å². The van der Waals surface area contributed by atoms with Crippen molar-refractivity contribution < 1.29 is 0 Å². The van der Waals surface area contributed by atoms with Gasteiger partial charge in [-0.15, -0.1) is 0 Å². The van der Waals surface area contributed by atoms with Gasteiger partial charge in [-0.1, -0.05) is 150 Å². The van der Waals surface area contributed by atoms with Crippen LogP contribution in [0.2, 0.25) is 0 Å². The lowest BCUT2D eigenvalue weighted by Crippen LogP contribution is -2.09. The van der Waals surface area contributed by atoms with Crippen LogP contribution in [0.1, 0.15) is 72.8 Å². The number of benzene rings is 9. The maximum atomic E-state index is 5.70. The fourth-order valence-corrected chi connectivity index (χ4v) is 13.9. The Morgan fingerprint density at radius 1 is 0.270 bits per heavy atom. The molecule has 0 aliphatic carbocycles. The first-order valence-electron chi connectivity index (χ1n) is 30.8. The van der Waals surface area contributed by atoms with E-state index in [4.69, 9.17) is 9.97 Å². The van der Waals surface area contributed by atoms with Crippen LogP contribution in [0.25, 0.3) is 113 Å². The number of aromatic nitrogens is 4. The molecule has 12 aromatic rings. The molecule has 0 saturated heterocycles. The predicted molar refractivity (Wildman–Crippen MR) is 379 cm³/mol. The van der Waals surface area contributed by atoms with Gasteiger partial charge in [0.15, 0.2) is 0 Å².